The van der Waals surface area contributed by atoms with E-state index < -0.39 is 0 Å². The maximum Gasteiger partial charge on any atom is 0.225 e. The number of rotatable bonds is 7. The number of hydrogen-bond donors (Lipinski definition) is 3. The second-order valence-electron chi connectivity index (χ2n) is 4.76. The smallest absolute Gasteiger partial charge is 0.225 e. The van der Waals surface area contributed by atoms with Crippen LogP contribution in [0.5, 0.6) is 0 Å². The molecule has 6 nitrogen and oxygen atoms in total. The Kier molecular flexibility index (Phi) is 5.13. The zero-order valence-corrected chi connectivity index (χ0v) is 13.3. The van der Waals surface area contributed by atoms with Crippen molar-refractivity contribution in [1.82, 2.24) is 15.0 Å². The minimum Gasteiger partial charge on any atom is -0.395 e. The Balaban J connectivity index is 1.84. The van der Waals surface area contributed by atoms with Crippen LogP contribution in [0, 0.1) is 0 Å². The summed E-state index contributed by atoms with van der Waals surface area (Å²) >= 11 is 1.69. The molecule has 0 aliphatic heterocycles. The van der Waals surface area contributed by atoms with Gasteiger partial charge in [0.1, 0.15) is 5.82 Å². The van der Waals surface area contributed by atoms with Gasteiger partial charge in [-0.3, -0.25) is 4.98 Å². The third-order valence-corrected chi connectivity index (χ3v) is 3.95. The van der Waals surface area contributed by atoms with Gasteiger partial charge in [0.25, 0.3) is 0 Å². The van der Waals surface area contributed by atoms with E-state index in [0.717, 1.165) is 17.2 Å². The van der Waals surface area contributed by atoms with Crippen molar-refractivity contribution in [2.24, 2.45) is 0 Å². The Morgan fingerprint density at radius 2 is 2.00 bits per heavy atom. The fourth-order valence-corrected chi connectivity index (χ4v) is 2.67. The number of nitrogens with one attached hydrogen (secondary N) is 2. The van der Waals surface area contributed by atoms with Gasteiger partial charge < -0.3 is 15.7 Å². The molecule has 0 spiro atoms. The van der Waals surface area contributed by atoms with Crippen LogP contribution in [0.25, 0.3) is 11.4 Å². The molecule has 0 aromatic carbocycles. The van der Waals surface area contributed by atoms with Crippen LogP contribution in [0.3, 0.4) is 0 Å². The van der Waals surface area contributed by atoms with Gasteiger partial charge in [0.05, 0.1) is 24.5 Å². The van der Waals surface area contributed by atoms with Gasteiger partial charge in [-0.05, 0) is 23.6 Å². The second kappa shape index (κ2) is 7.66. The molecule has 0 unspecified atom stereocenters. The molecule has 3 N–H and O–H groups in total. The number of aromatic nitrogens is 3. The van der Waals surface area contributed by atoms with Crippen LogP contribution in [-0.2, 0) is 6.54 Å². The van der Waals surface area contributed by atoms with Gasteiger partial charge in [-0.25, -0.2) is 4.98 Å². The Labute approximate surface area is 138 Å². The van der Waals surface area contributed by atoms with E-state index in [1.165, 1.54) is 4.88 Å². The summed E-state index contributed by atoms with van der Waals surface area (Å²) in [5, 5.41) is 17.3. The highest BCUT2D eigenvalue weighted by molar-refractivity contribution is 7.09. The molecule has 0 fully saturated rings. The van der Waals surface area contributed by atoms with Crippen LogP contribution in [-0.4, -0.2) is 33.2 Å². The molecule has 7 heteroatoms. The fourth-order valence-electron chi connectivity index (χ4n) is 2.02. The third-order valence-electron chi connectivity index (χ3n) is 3.07. The van der Waals surface area contributed by atoms with Crippen molar-refractivity contribution in [3.05, 3.63) is 52.9 Å². The molecular formula is C16H17N5OS. The first-order valence-corrected chi connectivity index (χ1v) is 8.14. The van der Waals surface area contributed by atoms with Crippen molar-refractivity contribution in [2.75, 3.05) is 23.8 Å². The zero-order chi connectivity index (χ0) is 15.9. The largest absolute Gasteiger partial charge is 0.395 e. The molecule has 3 aromatic heterocycles. The summed E-state index contributed by atoms with van der Waals surface area (Å²) in [6.45, 7) is 1.13. The first-order valence-electron chi connectivity index (χ1n) is 7.26. The predicted molar refractivity (Wildman–Crippen MR) is 92.5 cm³/mol. The van der Waals surface area contributed by atoms with Crippen molar-refractivity contribution in [1.29, 1.82) is 0 Å². The van der Waals surface area contributed by atoms with Crippen molar-refractivity contribution < 1.29 is 5.11 Å². The Hall–Kier alpha value is -2.51. The van der Waals surface area contributed by atoms with Crippen molar-refractivity contribution in [3.63, 3.8) is 0 Å². The summed E-state index contributed by atoms with van der Waals surface area (Å²) in [5.41, 5.74) is 1.51. The highest BCUT2D eigenvalue weighted by atomic mass is 32.1. The summed E-state index contributed by atoms with van der Waals surface area (Å²) in [6.07, 6.45) is 1.73. The van der Waals surface area contributed by atoms with Gasteiger partial charge >= 0.3 is 0 Å². The van der Waals surface area contributed by atoms with Crippen molar-refractivity contribution >= 4 is 23.1 Å². The van der Waals surface area contributed by atoms with Gasteiger partial charge in [0, 0.05) is 23.7 Å². The molecule has 0 saturated heterocycles. The SMILES string of the molecule is OCCNc1nc(NCc2cccs2)cc(-c2ccccn2)n1. The number of nitrogens with zero attached hydrogens (tertiary/aromatic N) is 3. The van der Waals surface area contributed by atoms with E-state index in [4.69, 9.17) is 5.11 Å². The average molecular weight is 327 g/mol. The van der Waals surface area contributed by atoms with Gasteiger partial charge in [-0.15, -0.1) is 11.3 Å². The summed E-state index contributed by atoms with van der Waals surface area (Å²) in [4.78, 5) is 14.4. The van der Waals surface area contributed by atoms with Crippen molar-refractivity contribution in [2.45, 2.75) is 6.54 Å². The molecule has 0 radical (unpaired) electrons. The Bertz CT molecular complexity index is 733. The average Bonchev–Trinajstić information content (AvgIpc) is 3.12. The molecular weight excluding hydrogens is 310 g/mol. The summed E-state index contributed by atoms with van der Waals surface area (Å²) in [7, 11) is 0. The van der Waals surface area contributed by atoms with Gasteiger partial charge in [-0.2, -0.15) is 4.98 Å². The number of aliphatic hydroxyl groups is 1. The molecule has 0 aliphatic carbocycles. The van der Waals surface area contributed by atoms with Crippen LogP contribution in [0.1, 0.15) is 4.88 Å². The van der Waals surface area contributed by atoms with Crippen LogP contribution in [0.2, 0.25) is 0 Å². The Morgan fingerprint density at radius 1 is 1.04 bits per heavy atom. The van der Waals surface area contributed by atoms with Crippen LogP contribution in [0.15, 0.2) is 48.0 Å². The van der Waals surface area contributed by atoms with Crippen LogP contribution < -0.4 is 10.6 Å². The third kappa shape index (κ3) is 4.24. The molecule has 3 rings (SSSR count). The van der Waals surface area contributed by atoms with Crippen LogP contribution in [0.4, 0.5) is 11.8 Å². The lowest BCUT2D eigenvalue weighted by atomic mass is 10.2. The molecule has 0 aliphatic rings. The van der Waals surface area contributed by atoms with E-state index in [1.807, 2.05) is 35.7 Å². The molecule has 0 bridgehead atoms. The quantitative estimate of drug-likeness (QED) is 0.619. The minimum atomic E-state index is 0.0229. The standard InChI is InChI=1S/C16H17N5OS/c22-8-7-18-16-20-14(13-5-1-2-6-17-13)10-15(21-16)19-11-12-4-3-9-23-12/h1-6,9-10,22H,7-8,11H2,(H2,18,19,20,21). The van der Waals surface area contributed by atoms with Crippen LogP contribution >= 0.6 is 11.3 Å². The second-order valence-corrected chi connectivity index (χ2v) is 5.79. The minimum absolute atomic E-state index is 0.0229. The van der Waals surface area contributed by atoms with E-state index >= 15 is 0 Å². The zero-order valence-electron chi connectivity index (χ0n) is 12.4. The molecule has 0 saturated carbocycles. The maximum atomic E-state index is 8.97. The number of hydrogen-bond acceptors (Lipinski definition) is 7. The van der Waals surface area contributed by atoms with E-state index in [0.29, 0.717) is 19.0 Å². The first-order chi connectivity index (χ1) is 11.3. The van der Waals surface area contributed by atoms with E-state index in [2.05, 4.69) is 31.7 Å². The Morgan fingerprint density at radius 3 is 2.74 bits per heavy atom. The number of pyridine rings is 1. The molecule has 3 aromatic rings. The summed E-state index contributed by atoms with van der Waals surface area (Å²) in [5.74, 6) is 1.19. The number of anilines is 2. The highest BCUT2D eigenvalue weighted by Gasteiger charge is 2.07. The molecule has 0 amide bonds. The number of thiophene rings is 1. The summed E-state index contributed by atoms with van der Waals surface area (Å²) < 4.78 is 0. The van der Waals surface area contributed by atoms with Crippen molar-refractivity contribution in [3.8, 4) is 11.4 Å². The normalized spacial score (nSPS) is 10.5. The van der Waals surface area contributed by atoms with E-state index in [9.17, 15) is 0 Å². The maximum absolute atomic E-state index is 8.97. The fraction of sp³-hybridized carbons (Fsp3) is 0.188. The molecule has 23 heavy (non-hydrogen) atoms. The predicted octanol–water partition coefficient (Wildman–Crippen LogP) is 2.62. The van der Waals surface area contributed by atoms with Gasteiger partial charge in [0.2, 0.25) is 5.95 Å². The molecule has 0 atom stereocenters. The lowest BCUT2D eigenvalue weighted by Crippen LogP contribution is -2.11. The van der Waals surface area contributed by atoms with Gasteiger partial charge in [0.15, 0.2) is 0 Å². The molecule has 3 heterocycles. The highest BCUT2D eigenvalue weighted by Crippen LogP contribution is 2.20. The first kappa shape index (κ1) is 15.4. The summed E-state index contributed by atoms with van der Waals surface area (Å²) in [6, 6.07) is 11.7. The van der Waals surface area contributed by atoms with E-state index in [1.54, 1.807) is 17.5 Å². The van der Waals surface area contributed by atoms with E-state index in [-0.39, 0.29) is 6.61 Å². The lowest BCUT2D eigenvalue weighted by molar-refractivity contribution is 0.311. The number of aliphatic hydroxyl groups excluding tert-OH is 1. The lowest BCUT2D eigenvalue weighted by Gasteiger charge is -2.10. The topological polar surface area (TPSA) is 83.0 Å². The van der Waals surface area contributed by atoms with Gasteiger partial charge in [-0.1, -0.05) is 12.1 Å². The molecule has 118 valence electrons. The monoisotopic (exact) mass is 327 g/mol.